The Bertz CT molecular complexity index is 1120. The number of amides is 2. The molecule has 0 atom stereocenters. The molecule has 0 saturated carbocycles. The standard InChI is InChI=1S/C20H20N4O4S/c1-15(25)22(2)17-7-9-18(10-8-17)24(29(3,27)28)20(26)16-6-11-19(21-14-16)23-12-4-5-13-23/h4-14H,1-3H3. The number of anilines is 2. The highest BCUT2D eigenvalue weighted by Gasteiger charge is 2.27. The number of carbonyl (C=O) groups is 2. The maximum absolute atomic E-state index is 13.0. The van der Waals surface area contributed by atoms with E-state index in [1.165, 1.54) is 36.2 Å². The summed E-state index contributed by atoms with van der Waals surface area (Å²) in [6.07, 6.45) is 5.92. The summed E-state index contributed by atoms with van der Waals surface area (Å²) in [5.41, 5.74) is 0.892. The molecule has 0 fully saturated rings. The molecule has 0 radical (unpaired) electrons. The van der Waals surface area contributed by atoms with Gasteiger partial charge in [-0.15, -0.1) is 0 Å². The quantitative estimate of drug-likeness (QED) is 0.642. The van der Waals surface area contributed by atoms with Crippen molar-refractivity contribution in [1.29, 1.82) is 0 Å². The van der Waals surface area contributed by atoms with Gasteiger partial charge in [-0.2, -0.15) is 0 Å². The van der Waals surface area contributed by atoms with Gasteiger partial charge in [0, 0.05) is 38.2 Å². The Morgan fingerprint density at radius 2 is 1.55 bits per heavy atom. The lowest BCUT2D eigenvalue weighted by Gasteiger charge is -2.22. The molecule has 2 amide bonds. The summed E-state index contributed by atoms with van der Waals surface area (Å²) in [7, 11) is -2.29. The highest BCUT2D eigenvalue weighted by molar-refractivity contribution is 7.92. The van der Waals surface area contributed by atoms with Crippen molar-refractivity contribution in [1.82, 2.24) is 9.55 Å². The number of hydrogen-bond donors (Lipinski definition) is 0. The molecule has 0 saturated heterocycles. The number of pyridine rings is 1. The van der Waals surface area contributed by atoms with Gasteiger partial charge in [0.25, 0.3) is 5.91 Å². The van der Waals surface area contributed by atoms with Gasteiger partial charge in [0.05, 0.1) is 17.5 Å². The van der Waals surface area contributed by atoms with Crippen LogP contribution in [-0.2, 0) is 14.8 Å². The molecule has 3 aromatic rings. The van der Waals surface area contributed by atoms with Crippen LogP contribution < -0.4 is 9.21 Å². The minimum atomic E-state index is -3.90. The van der Waals surface area contributed by atoms with Crippen molar-refractivity contribution in [2.75, 3.05) is 22.5 Å². The van der Waals surface area contributed by atoms with Crippen LogP contribution in [0.25, 0.3) is 5.82 Å². The molecule has 3 rings (SSSR count). The largest absolute Gasteiger partial charge is 0.316 e. The SMILES string of the molecule is CC(=O)N(C)c1ccc(N(C(=O)c2ccc(-n3cccc3)nc2)S(C)(=O)=O)cc1. The number of benzene rings is 1. The van der Waals surface area contributed by atoms with Crippen LogP contribution in [0.2, 0.25) is 0 Å². The van der Waals surface area contributed by atoms with Crippen molar-refractivity contribution >= 4 is 33.2 Å². The van der Waals surface area contributed by atoms with E-state index < -0.39 is 15.9 Å². The van der Waals surface area contributed by atoms with E-state index in [-0.39, 0.29) is 17.2 Å². The Hall–Kier alpha value is -3.46. The van der Waals surface area contributed by atoms with E-state index >= 15 is 0 Å². The summed E-state index contributed by atoms with van der Waals surface area (Å²) in [6, 6.07) is 13.0. The molecule has 0 spiro atoms. The Morgan fingerprint density at radius 1 is 0.966 bits per heavy atom. The van der Waals surface area contributed by atoms with Gasteiger partial charge in [-0.05, 0) is 48.5 Å². The van der Waals surface area contributed by atoms with Crippen molar-refractivity contribution in [3.8, 4) is 5.82 Å². The zero-order valence-electron chi connectivity index (χ0n) is 16.2. The number of carbonyl (C=O) groups excluding carboxylic acids is 2. The van der Waals surface area contributed by atoms with Crippen LogP contribution in [0.5, 0.6) is 0 Å². The first-order valence-corrected chi connectivity index (χ1v) is 10.5. The average Bonchev–Trinajstić information content (AvgIpc) is 3.22. The summed E-state index contributed by atoms with van der Waals surface area (Å²) in [5.74, 6) is -0.275. The zero-order chi connectivity index (χ0) is 21.2. The third kappa shape index (κ3) is 4.35. The van der Waals surface area contributed by atoms with E-state index in [9.17, 15) is 18.0 Å². The van der Waals surface area contributed by atoms with Crippen molar-refractivity contribution in [3.05, 3.63) is 72.7 Å². The Balaban J connectivity index is 1.93. The highest BCUT2D eigenvalue weighted by Crippen LogP contribution is 2.24. The second-order valence-corrected chi connectivity index (χ2v) is 8.25. The molecule has 150 valence electrons. The van der Waals surface area contributed by atoms with Gasteiger partial charge < -0.3 is 9.47 Å². The van der Waals surface area contributed by atoms with Gasteiger partial charge in [-0.3, -0.25) is 9.59 Å². The molecule has 8 nitrogen and oxygen atoms in total. The monoisotopic (exact) mass is 412 g/mol. The van der Waals surface area contributed by atoms with Crippen LogP contribution in [0.1, 0.15) is 17.3 Å². The second kappa shape index (κ2) is 7.88. The van der Waals surface area contributed by atoms with Gasteiger partial charge in [0.15, 0.2) is 0 Å². The summed E-state index contributed by atoms with van der Waals surface area (Å²) >= 11 is 0. The van der Waals surface area contributed by atoms with Crippen LogP contribution in [0.3, 0.4) is 0 Å². The van der Waals surface area contributed by atoms with Crippen LogP contribution in [0.4, 0.5) is 11.4 Å². The van der Waals surface area contributed by atoms with Gasteiger partial charge in [0.2, 0.25) is 15.9 Å². The lowest BCUT2D eigenvalue weighted by atomic mass is 10.2. The van der Waals surface area contributed by atoms with E-state index in [1.807, 2.05) is 24.5 Å². The van der Waals surface area contributed by atoms with E-state index in [4.69, 9.17) is 0 Å². The van der Waals surface area contributed by atoms with Gasteiger partial charge in [-0.1, -0.05) is 0 Å². The van der Waals surface area contributed by atoms with Gasteiger partial charge in [0.1, 0.15) is 5.82 Å². The number of sulfonamides is 1. The van der Waals surface area contributed by atoms with Gasteiger partial charge >= 0.3 is 0 Å². The smallest absolute Gasteiger partial charge is 0.273 e. The fourth-order valence-electron chi connectivity index (χ4n) is 2.72. The van der Waals surface area contributed by atoms with Crippen molar-refractivity contribution in [3.63, 3.8) is 0 Å². The first-order chi connectivity index (χ1) is 13.7. The predicted molar refractivity (Wildman–Crippen MR) is 111 cm³/mol. The molecular weight excluding hydrogens is 392 g/mol. The molecule has 0 bridgehead atoms. The lowest BCUT2D eigenvalue weighted by molar-refractivity contribution is -0.116. The van der Waals surface area contributed by atoms with Crippen LogP contribution in [-0.4, -0.2) is 43.1 Å². The molecule has 0 aliphatic rings. The van der Waals surface area contributed by atoms with E-state index in [1.54, 1.807) is 29.8 Å². The fourth-order valence-corrected chi connectivity index (χ4v) is 3.63. The number of hydrogen-bond acceptors (Lipinski definition) is 5. The van der Waals surface area contributed by atoms with E-state index in [0.717, 1.165) is 10.6 Å². The molecule has 0 aliphatic heterocycles. The van der Waals surface area contributed by atoms with Crippen LogP contribution in [0, 0.1) is 0 Å². The van der Waals surface area contributed by atoms with Crippen molar-refractivity contribution < 1.29 is 18.0 Å². The van der Waals surface area contributed by atoms with E-state index in [2.05, 4.69) is 4.98 Å². The first kappa shape index (κ1) is 20.3. The Morgan fingerprint density at radius 3 is 2.03 bits per heavy atom. The van der Waals surface area contributed by atoms with Crippen LogP contribution in [0.15, 0.2) is 67.1 Å². The Kier molecular flexibility index (Phi) is 5.51. The average molecular weight is 412 g/mol. The molecule has 0 unspecified atom stereocenters. The molecule has 2 aromatic heterocycles. The van der Waals surface area contributed by atoms with Crippen LogP contribution >= 0.6 is 0 Å². The summed E-state index contributed by atoms with van der Waals surface area (Å²) < 4.78 is 27.2. The van der Waals surface area contributed by atoms with Gasteiger partial charge in [-0.25, -0.2) is 17.7 Å². The first-order valence-electron chi connectivity index (χ1n) is 8.67. The summed E-state index contributed by atoms with van der Waals surface area (Å²) in [6.45, 7) is 1.42. The molecule has 2 heterocycles. The Labute approximate surface area is 169 Å². The topological polar surface area (TPSA) is 92.6 Å². The minimum Gasteiger partial charge on any atom is -0.316 e. The maximum Gasteiger partial charge on any atom is 0.273 e. The van der Waals surface area contributed by atoms with Crippen molar-refractivity contribution in [2.45, 2.75) is 6.92 Å². The summed E-state index contributed by atoms with van der Waals surface area (Å²) in [4.78, 5) is 30.1. The zero-order valence-corrected chi connectivity index (χ0v) is 17.0. The molecule has 0 N–H and O–H groups in total. The minimum absolute atomic E-state index is 0.135. The van der Waals surface area contributed by atoms with E-state index in [0.29, 0.717) is 11.5 Å². The maximum atomic E-state index is 13.0. The number of aromatic nitrogens is 2. The molecule has 1 aromatic carbocycles. The number of rotatable bonds is 5. The molecule has 9 heteroatoms. The molecular formula is C20H20N4O4S. The third-order valence-electron chi connectivity index (χ3n) is 4.32. The summed E-state index contributed by atoms with van der Waals surface area (Å²) in [5, 5.41) is 0. The highest BCUT2D eigenvalue weighted by atomic mass is 32.2. The lowest BCUT2D eigenvalue weighted by Crippen LogP contribution is -2.36. The predicted octanol–water partition coefficient (Wildman–Crippen LogP) is 2.46. The third-order valence-corrected chi connectivity index (χ3v) is 5.36. The second-order valence-electron chi connectivity index (χ2n) is 6.42. The fraction of sp³-hybridized carbons (Fsp3) is 0.150. The molecule has 29 heavy (non-hydrogen) atoms. The molecule has 0 aliphatic carbocycles. The number of nitrogens with zero attached hydrogens (tertiary/aromatic N) is 4. The van der Waals surface area contributed by atoms with Crippen molar-refractivity contribution in [2.24, 2.45) is 0 Å². The normalized spacial score (nSPS) is 11.1.